The van der Waals surface area contributed by atoms with Crippen LogP contribution in [0.3, 0.4) is 0 Å². The molecule has 1 aromatic rings. The predicted molar refractivity (Wildman–Crippen MR) is 83.8 cm³/mol. The van der Waals surface area contributed by atoms with Gasteiger partial charge in [-0.2, -0.15) is 8.78 Å². The topological polar surface area (TPSA) is 33.7 Å². The largest absolute Gasteiger partial charge is 0.435 e. The molecule has 6 heteroatoms. The molecule has 2 unspecified atom stereocenters. The summed E-state index contributed by atoms with van der Waals surface area (Å²) >= 11 is 0. The molecule has 0 aliphatic carbocycles. The summed E-state index contributed by atoms with van der Waals surface area (Å²) in [6, 6.07) is 6.84. The van der Waals surface area contributed by atoms with Crippen molar-refractivity contribution < 1.29 is 18.3 Å². The first-order chi connectivity index (χ1) is 11.0. The van der Waals surface area contributed by atoms with E-state index in [2.05, 4.69) is 21.9 Å². The summed E-state index contributed by atoms with van der Waals surface area (Å²) in [5.41, 5.74) is 1.20. The zero-order chi connectivity index (χ0) is 16.3. The Hall–Kier alpha value is -1.24. The van der Waals surface area contributed by atoms with E-state index in [0.29, 0.717) is 12.0 Å². The van der Waals surface area contributed by atoms with Crippen molar-refractivity contribution in [3.8, 4) is 5.75 Å². The molecule has 4 nitrogen and oxygen atoms in total. The molecule has 3 rings (SSSR count). The molecule has 1 N–H and O–H groups in total. The lowest BCUT2D eigenvalue weighted by Crippen LogP contribution is -2.44. The van der Waals surface area contributed by atoms with Crippen LogP contribution in [0.5, 0.6) is 5.75 Å². The second-order valence-corrected chi connectivity index (χ2v) is 6.78. The van der Waals surface area contributed by atoms with E-state index in [1.54, 1.807) is 18.2 Å². The number of halogens is 2. The SMILES string of the molecule is CC1(CN2CCOC(c3cccc(OC(F)F)c3)C2)CCNC1. The van der Waals surface area contributed by atoms with Crippen molar-refractivity contribution in [1.29, 1.82) is 0 Å². The van der Waals surface area contributed by atoms with Gasteiger partial charge in [-0.15, -0.1) is 0 Å². The molecule has 2 atom stereocenters. The monoisotopic (exact) mass is 326 g/mol. The number of nitrogens with zero attached hydrogens (tertiary/aromatic N) is 1. The van der Waals surface area contributed by atoms with Crippen LogP contribution in [0.15, 0.2) is 24.3 Å². The van der Waals surface area contributed by atoms with Gasteiger partial charge in [0.1, 0.15) is 5.75 Å². The maximum absolute atomic E-state index is 12.4. The number of morpholine rings is 1. The lowest BCUT2D eigenvalue weighted by Gasteiger charge is -2.37. The Kier molecular flexibility index (Phi) is 5.14. The first kappa shape index (κ1) is 16.6. The van der Waals surface area contributed by atoms with E-state index < -0.39 is 6.61 Å². The molecule has 2 fully saturated rings. The van der Waals surface area contributed by atoms with Crippen LogP contribution in [-0.2, 0) is 4.74 Å². The summed E-state index contributed by atoms with van der Waals surface area (Å²) in [5.74, 6) is 0.185. The van der Waals surface area contributed by atoms with Crippen molar-refractivity contribution in [2.24, 2.45) is 5.41 Å². The minimum atomic E-state index is -2.80. The highest BCUT2D eigenvalue weighted by atomic mass is 19.3. The number of rotatable bonds is 5. The summed E-state index contributed by atoms with van der Waals surface area (Å²) < 4.78 is 35.1. The molecule has 2 heterocycles. The van der Waals surface area contributed by atoms with Crippen molar-refractivity contribution in [2.75, 3.05) is 39.3 Å². The van der Waals surface area contributed by atoms with Crippen LogP contribution < -0.4 is 10.1 Å². The number of nitrogens with one attached hydrogen (secondary N) is 1. The summed E-state index contributed by atoms with van der Waals surface area (Å²) in [7, 11) is 0. The number of alkyl halides is 2. The summed E-state index contributed by atoms with van der Waals surface area (Å²) in [6.45, 7) is 5.04. The Balaban J connectivity index is 1.64. The van der Waals surface area contributed by atoms with Gasteiger partial charge >= 0.3 is 6.61 Å². The van der Waals surface area contributed by atoms with E-state index in [-0.39, 0.29) is 11.9 Å². The number of hydrogen-bond donors (Lipinski definition) is 1. The van der Waals surface area contributed by atoms with E-state index in [1.807, 2.05) is 6.07 Å². The molecule has 0 saturated carbocycles. The maximum atomic E-state index is 12.4. The van der Waals surface area contributed by atoms with Gasteiger partial charge < -0.3 is 14.8 Å². The van der Waals surface area contributed by atoms with Gasteiger partial charge in [0.05, 0.1) is 12.7 Å². The van der Waals surface area contributed by atoms with Gasteiger partial charge in [-0.1, -0.05) is 19.1 Å². The van der Waals surface area contributed by atoms with Gasteiger partial charge in [-0.05, 0) is 36.1 Å². The molecular formula is C17H24F2N2O2. The van der Waals surface area contributed by atoms with Crippen LogP contribution in [0.25, 0.3) is 0 Å². The number of ether oxygens (including phenoxy) is 2. The van der Waals surface area contributed by atoms with Crippen LogP contribution in [0.2, 0.25) is 0 Å². The molecule has 0 radical (unpaired) electrons. The van der Waals surface area contributed by atoms with Crippen LogP contribution in [0, 0.1) is 5.41 Å². The lowest BCUT2D eigenvalue weighted by molar-refractivity contribution is -0.0514. The average Bonchev–Trinajstić information content (AvgIpc) is 2.93. The molecule has 1 aromatic carbocycles. The molecule has 0 amide bonds. The van der Waals surface area contributed by atoms with Crippen LogP contribution >= 0.6 is 0 Å². The minimum absolute atomic E-state index is 0.0945. The predicted octanol–water partition coefficient (Wildman–Crippen LogP) is 2.66. The standard InChI is InChI=1S/C17H24F2N2O2/c1-17(5-6-20-11-17)12-21-7-8-22-15(10-21)13-3-2-4-14(9-13)23-16(18)19/h2-4,9,15-16,20H,5-8,10-12H2,1H3. The van der Waals surface area contributed by atoms with Gasteiger partial charge in [0.15, 0.2) is 0 Å². The van der Waals surface area contributed by atoms with Crippen molar-refractivity contribution >= 4 is 0 Å². The van der Waals surface area contributed by atoms with E-state index in [4.69, 9.17) is 4.74 Å². The van der Waals surface area contributed by atoms with Gasteiger partial charge in [0, 0.05) is 26.2 Å². The van der Waals surface area contributed by atoms with Gasteiger partial charge in [0.25, 0.3) is 0 Å². The molecule has 23 heavy (non-hydrogen) atoms. The zero-order valence-electron chi connectivity index (χ0n) is 13.4. The van der Waals surface area contributed by atoms with E-state index >= 15 is 0 Å². The number of benzene rings is 1. The second kappa shape index (κ2) is 7.11. The Labute approximate surface area is 135 Å². The lowest BCUT2D eigenvalue weighted by atomic mass is 9.89. The second-order valence-electron chi connectivity index (χ2n) is 6.78. The minimum Gasteiger partial charge on any atom is -0.435 e. The first-order valence-corrected chi connectivity index (χ1v) is 8.14. The van der Waals surface area contributed by atoms with Crippen LogP contribution in [0.1, 0.15) is 25.0 Å². The van der Waals surface area contributed by atoms with E-state index in [0.717, 1.165) is 38.3 Å². The third kappa shape index (κ3) is 4.40. The molecule has 128 valence electrons. The van der Waals surface area contributed by atoms with E-state index in [9.17, 15) is 8.78 Å². The fourth-order valence-corrected chi connectivity index (χ4v) is 3.48. The summed E-state index contributed by atoms with van der Waals surface area (Å²) in [4.78, 5) is 2.42. The van der Waals surface area contributed by atoms with Crippen molar-refractivity contribution in [3.05, 3.63) is 29.8 Å². The van der Waals surface area contributed by atoms with Crippen molar-refractivity contribution in [1.82, 2.24) is 10.2 Å². The summed E-state index contributed by atoms with van der Waals surface area (Å²) in [6.07, 6.45) is 1.09. The van der Waals surface area contributed by atoms with Crippen LogP contribution in [-0.4, -0.2) is 50.8 Å². The Bertz CT molecular complexity index is 521. The van der Waals surface area contributed by atoms with E-state index in [1.165, 1.54) is 6.42 Å². The fourth-order valence-electron chi connectivity index (χ4n) is 3.48. The van der Waals surface area contributed by atoms with Crippen LogP contribution in [0.4, 0.5) is 8.78 Å². The molecule has 0 aromatic heterocycles. The maximum Gasteiger partial charge on any atom is 0.387 e. The molecule has 0 spiro atoms. The fraction of sp³-hybridized carbons (Fsp3) is 0.647. The Morgan fingerprint density at radius 2 is 2.35 bits per heavy atom. The highest BCUT2D eigenvalue weighted by Crippen LogP contribution is 2.30. The molecule has 0 bridgehead atoms. The van der Waals surface area contributed by atoms with Crippen molar-refractivity contribution in [3.63, 3.8) is 0 Å². The van der Waals surface area contributed by atoms with Gasteiger partial charge in [-0.25, -0.2) is 0 Å². The Morgan fingerprint density at radius 1 is 1.48 bits per heavy atom. The smallest absolute Gasteiger partial charge is 0.387 e. The third-order valence-electron chi connectivity index (χ3n) is 4.67. The zero-order valence-corrected chi connectivity index (χ0v) is 13.4. The summed E-state index contributed by atoms with van der Waals surface area (Å²) in [5, 5.41) is 3.43. The van der Waals surface area contributed by atoms with Crippen molar-refractivity contribution in [2.45, 2.75) is 26.1 Å². The van der Waals surface area contributed by atoms with Gasteiger partial charge in [-0.3, -0.25) is 4.90 Å². The highest BCUT2D eigenvalue weighted by molar-refractivity contribution is 5.30. The normalized spacial score (nSPS) is 29.1. The highest BCUT2D eigenvalue weighted by Gasteiger charge is 2.33. The molecule has 2 aliphatic heterocycles. The Morgan fingerprint density at radius 3 is 3.09 bits per heavy atom. The average molecular weight is 326 g/mol. The quantitative estimate of drug-likeness (QED) is 0.902. The molecule has 2 saturated heterocycles. The first-order valence-electron chi connectivity index (χ1n) is 8.14. The third-order valence-corrected chi connectivity index (χ3v) is 4.67. The number of hydrogen-bond acceptors (Lipinski definition) is 4. The molecular weight excluding hydrogens is 302 g/mol. The molecule has 2 aliphatic rings. The van der Waals surface area contributed by atoms with Gasteiger partial charge in [0.2, 0.25) is 0 Å².